The number of aromatic nitrogens is 2. The standard InChI is InChI=1S/C22H21BrClN3O4/c1-12(2)20-26-18-7-5-15(23)10-17(18)21(28)27(20)25-11-14-9-16(24)6-8-19(14)31-13(3)22(29)30-4/h5-13H,1-4H3/t13-/m1/s1. The lowest BCUT2D eigenvalue weighted by atomic mass is 10.2. The number of esters is 1. The van der Waals surface area contributed by atoms with Crippen molar-refractivity contribution in [3.05, 3.63) is 67.6 Å². The molecule has 0 aliphatic heterocycles. The highest BCUT2D eigenvalue weighted by atomic mass is 79.9. The van der Waals surface area contributed by atoms with Gasteiger partial charge in [0, 0.05) is 21.0 Å². The van der Waals surface area contributed by atoms with E-state index in [-0.39, 0.29) is 11.5 Å². The van der Waals surface area contributed by atoms with Crippen LogP contribution in [0.5, 0.6) is 5.75 Å². The number of halogens is 2. The highest BCUT2D eigenvalue weighted by Crippen LogP contribution is 2.23. The first-order valence-electron chi connectivity index (χ1n) is 9.52. The third-order valence-electron chi connectivity index (χ3n) is 4.47. The molecular weight excluding hydrogens is 486 g/mol. The molecule has 3 rings (SSSR count). The van der Waals surface area contributed by atoms with E-state index in [1.54, 1.807) is 37.3 Å². The van der Waals surface area contributed by atoms with Gasteiger partial charge in [0.05, 0.1) is 24.2 Å². The number of methoxy groups -OCH3 is 1. The van der Waals surface area contributed by atoms with Crippen molar-refractivity contribution in [3.8, 4) is 5.75 Å². The second-order valence-electron chi connectivity index (χ2n) is 7.11. The van der Waals surface area contributed by atoms with Crippen LogP contribution in [0.2, 0.25) is 5.02 Å². The Morgan fingerprint density at radius 1 is 1.23 bits per heavy atom. The van der Waals surface area contributed by atoms with E-state index < -0.39 is 12.1 Å². The van der Waals surface area contributed by atoms with Crippen LogP contribution in [-0.4, -0.2) is 35.1 Å². The van der Waals surface area contributed by atoms with E-state index in [4.69, 9.17) is 21.1 Å². The maximum absolute atomic E-state index is 13.2. The Hall–Kier alpha value is -2.71. The first-order chi connectivity index (χ1) is 14.7. The van der Waals surface area contributed by atoms with Crippen LogP contribution in [0.1, 0.15) is 38.1 Å². The molecule has 0 unspecified atom stereocenters. The fraction of sp³-hybridized carbons (Fsp3) is 0.273. The number of nitrogens with zero attached hydrogens (tertiary/aromatic N) is 3. The number of carbonyl (C=O) groups is 1. The average Bonchev–Trinajstić information content (AvgIpc) is 2.74. The zero-order chi connectivity index (χ0) is 22.7. The lowest BCUT2D eigenvalue weighted by Gasteiger charge is -2.15. The SMILES string of the molecule is COC(=O)[C@@H](C)Oc1ccc(Cl)cc1C=Nn1c(C(C)C)nc2ccc(Br)cc2c1=O. The normalized spacial score (nSPS) is 12.5. The van der Waals surface area contributed by atoms with E-state index in [2.05, 4.69) is 26.0 Å². The first kappa shape index (κ1) is 23.0. The Labute approximate surface area is 192 Å². The van der Waals surface area contributed by atoms with Crippen LogP contribution in [0.25, 0.3) is 10.9 Å². The quantitative estimate of drug-likeness (QED) is 0.356. The average molecular weight is 507 g/mol. The van der Waals surface area contributed by atoms with Gasteiger partial charge in [-0.3, -0.25) is 4.79 Å². The zero-order valence-corrected chi connectivity index (χ0v) is 19.8. The molecule has 162 valence electrons. The zero-order valence-electron chi connectivity index (χ0n) is 17.4. The summed E-state index contributed by atoms with van der Waals surface area (Å²) >= 11 is 9.53. The largest absolute Gasteiger partial charge is 0.478 e. The van der Waals surface area contributed by atoms with Crippen LogP contribution >= 0.6 is 27.5 Å². The molecule has 0 aliphatic carbocycles. The van der Waals surface area contributed by atoms with Gasteiger partial charge < -0.3 is 9.47 Å². The van der Waals surface area contributed by atoms with Crippen molar-refractivity contribution in [1.29, 1.82) is 0 Å². The Balaban J connectivity index is 2.10. The van der Waals surface area contributed by atoms with E-state index in [1.807, 2.05) is 19.9 Å². The van der Waals surface area contributed by atoms with Crippen LogP contribution in [0.3, 0.4) is 0 Å². The van der Waals surface area contributed by atoms with Crippen molar-refractivity contribution in [3.63, 3.8) is 0 Å². The number of hydrogen-bond donors (Lipinski definition) is 0. The Bertz CT molecular complexity index is 1220. The number of benzene rings is 2. The fourth-order valence-electron chi connectivity index (χ4n) is 2.90. The molecule has 9 heteroatoms. The smallest absolute Gasteiger partial charge is 0.346 e. The van der Waals surface area contributed by atoms with Crippen LogP contribution in [0.15, 0.2) is 50.8 Å². The number of hydrogen-bond acceptors (Lipinski definition) is 6. The van der Waals surface area contributed by atoms with Gasteiger partial charge in [0.2, 0.25) is 0 Å². The second kappa shape index (κ2) is 9.62. The highest BCUT2D eigenvalue weighted by Gasteiger charge is 2.17. The van der Waals surface area contributed by atoms with Crippen molar-refractivity contribution >= 4 is 50.6 Å². The maximum Gasteiger partial charge on any atom is 0.346 e. The molecule has 0 amide bonds. The summed E-state index contributed by atoms with van der Waals surface area (Å²) in [5.74, 6) is 0.331. The minimum Gasteiger partial charge on any atom is -0.478 e. The van der Waals surface area contributed by atoms with E-state index in [9.17, 15) is 9.59 Å². The molecular formula is C22H21BrClN3O4. The summed E-state index contributed by atoms with van der Waals surface area (Å²) in [6, 6.07) is 10.2. The molecule has 0 spiro atoms. The van der Waals surface area contributed by atoms with Crippen molar-refractivity contribution < 1.29 is 14.3 Å². The van der Waals surface area contributed by atoms with Crippen LogP contribution in [0, 0.1) is 0 Å². The second-order valence-corrected chi connectivity index (χ2v) is 8.47. The van der Waals surface area contributed by atoms with Gasteiger partial charge in [-0.1, -0.05) is 41.4 Å². The molecule has 0 aliphatic rings. The molecule has 0 fully saturated rings. The third kappa shape index (κ3) is 5.14. The first-order valence-corrected chi connectivity index (χ1v) is 10.7. The van der Waals surface area contributed by atoms with Crippen molar-refractivity contribution in [2.45, 2.75) is 32.8 Å². The van der Waals surface area contributed by atoms with Crippen LogP contribution in [0.4, 0.5) is 0 Å². The van der Waals surface area contributed by atoms with Gasteiger partial charge in [-0.15, -0.1) is 0 Å². The topological polar surface area (TPSA) is 82.8 Å². The molecule has 0 saturated carbocycles. The summed E-state index contributed by atoms with van der Waals surface area (Å²) in [4.78, 5) is 29.5. The van der Waals surface area contributed by atoms with Crippen LogP contribution in [-0.2, 0) is 9.53 Å². The summed E-state index contributed by atoms with van der Waals surface area (Å²) in [6.07, 6.45) is 0.635. The summed E-state index contributed by atoms with van der Waals surface area (Å²) in [7, 11) is 1.29. The molecule has 1 aromatic heterocycles. The fourth-order valence-corrected chi connectivity index (χ4v) is 3.44. The van der Waals surface area contributed by atoms with E-state index in [0.29, 0.717) is 33.1 Å². The Morgan fingerprint density at radius 2 is 1.97 bits per heavy atom. The number of carbonyl (C=O) groups excluding carboxylic acids is 1. The van der Waals surface area contributed by atoms with Crippen LogP contribution < -0.4 is 10.3 Å². The minimum atomic E-state index is -0.827. The third-order valence-corrected chi connectivity index (χ3v) is 5.20. The molecule has 0 radical (unpaired) electrons. The Kier molecular flexibility index (Phi) is 7.12. The summed E-state index contributed by atoms with van der Waals surface area (Å²) in [5.41, 5.74) is 0.805. The Morgan fingerprint density at radius 3 is 2.65 bits per heavy atom. The monoisotopic (exact) mass is 505 g/mol. The van der Waals surface area contributed by atoms with Gasteiger partial charge >= 0.3 is 5.97 Å². The predicted molar refractivity (Wildman–Crippen MR) is 124 cm³/mol. The predicted octanol–water partition coefficient (Wildman–Crippen LogP) is 4.76. The molecule has 0 N–H and O–H groups in total. The van der Waals surface area contributed by atoms with Crippen molar-refractivity contribution in [1.82, 2.24) is 9.66 Å². The lowest BCUT2D eigenvalue weighted by molar-refractivity contribution is -0.147. The van der Waals surface area contributed by atoms with E-state index >= 15 is 0 Å². The van der Waals surface area contributed by atoms with Gasteiger partial charge in [0.1, 0.15) is 11.6 Å². The van der Waals surface area contributed by atoms with Gasteiger partial charge in [-0.2, -0.15) is 9.78 Å². The summed E-state index contributed by atoms with van der Waals surface area (Å²) in [6.45, 7) is 5.45. The minimum absolute atomic E-state index is 0.0488. The molecule has 3 aromatic rings. The number of rotatable bonds is 6. The van der Waals surface area contributed by atoms with Crippen molar-refractivity contribution in [2.24, 2.45) is 5.10 Å². The molecule has 1 heterocycles. The van der Waals surface area contributed by atoms with Gasteiger partial charge in [-0.05, 0) is 43.3 Å². The molecule has 0 saturated heterocycles. The lowest BCUT2D eigenvalue weighted by Crippen LogP contribution is -2.25. The van der Waals surface area contributed by atoms with Crippen molar-refractivity contribution in [2.75, 3.05) is 7.11 Å². The van der Waals surface area contributed by atoms with Gasteiger partial charge in [0.15, 0.2) is 6.10 Å². The molecule has 0 bridgehead atoms. The summed E-state index contributed by atoms with van der Waals surface area (Å²) in [5, 5.41) is 5.30. The van der Waals surface area contributed by atoms with E-state index in [1.165, 1.54) is 18.0 Å². The van der Waals surface area contributed by atoms with Gasteiger partial charge in [0.25, 0.3) is 5.56 Å². The summed E-state index contributed by atoms with van der Waals surface area (Å²) < 4.78 is 12.5. The van der Waals surface area contributed by atoms with E-state index in [0.717, 1.165) is 4.47 Å². The number of ether oxygens (including phenoxy) is 2. The van der Waals surface area contributed by atoms with Gasteiger partial charge in [-0.25, -0.2) is 9.78 Å². The molecule has 7 nitrogen and oxygen atoms in total. The highest BCUT2D eigenvalue weighted by molar-refractivity contribution is 9.10. The number of fused-ring (bicyclic) bond motifs is 1. The maximum atomic E-state index is 13.2. The molecule has 2 aromatic carbocycles. The molecule has 1 atom stereocenters. The molecule has 31 heavy (non-hydrogen) atoms.